The van der Waals surface area contributed by atoms with Crippen LogP contribution >= 0.6 is 11.8 Å². The fraction of sp³-hybridized carbons (Fsp3) is 0.800. The van der Waals surface area contributed by atoms with Crippen molar-refractivity contribution in [2.24, 2.45) is 5.73 Å². The smallest absolute Gasteiger partial charge is 0.227 e. The van der Waals surface area contributed by atoms with Crippen molar-refractivity contribution >= 4 is 23.6 Å². The van der Waals surface area contributed by atoms with Gasteiger partial charge in [0.15, 0.2) is 0 Å². The summed E-state index contributed by atoms with van der Waals surface area (Å²) in [6, 6.07) is 0. The summed E-state index contributed by atoms with van der Waals surface area (Å²) in [5.74, 6) is 0.259. The van der Waals surface area contributed by atoms with Gasteiger partial charge < -0.3 is 16.2 Å². The third-order valence-corrected chi connectivity index (χ3v) is 3.21. The van der Waals surface area contributed by atoms with Gasteiger partial charge in [0.25, 0.3) is 0 Å². The average molecular weight is 248 g/mol. The van der Waals surface area contributed by atoms with Gasteiger partial charge in [0.05, 0.1) is 17.4 Å². The Kier molecular flexibility index (Phi) is 6.43. The fourth-order valence-electron chi connectivity index (χ4n) is 0.864. The molecule has 16 heavy (non-hydrogen) atoms. The first kappa shape index (κ1) is 15.2. The minimum atomic E-state index is -0.633. The minimum absolute atomic E-state index is 0.136. The zero-order valence-corrected chi connectivity index (χ0v) is 10.8. The number of nitrogens with two attached hydrogens (primary N) is 1. The average Bonchev–Trinajstić information content (AvgIpc) is 2.11. The molecule has 0 bridgehead atoms. The summed E-state index contributed by atoms with van der Waals surface area (Å²) in [5, 5.41) is 12.1. The molecule has 0 aliphatic rings. The number of thioether (sulfide) groups is 1. The Morgan fingerprint density at radius 2 is 2.06 bits per heavy atom. The van der Waals surface area contributed by atoms with Crippen molar-refractivity contribution < 1.29 is 14.7 Å². The summed E-state index contributed by atoms with van der Waals surface area (Å²) < 4.78 is 0. The second kappa shape index (κ2) is 6.75. The van der Waals surface area contributed by atoms with Crippen molar-refractivity contribution in [3.63, 3.8) is 0 Å². The molecule has 1 unspecified atom stereocenters. The molecular formula is C10H20N2O3S. The second-order valence-corrected chi connectivity index (χ2v) is 5.32. The summed E-state index contributed by atoms with van der Waals surface area (Å²) in [6.07, 6.45) is -0.302. The monoisotopic (exact) mass is 248 g/mol. The number of aliphatic hydroxyl groups excluding tert-OH is 1. The van der Waals surface area contributed by atoms with Crippen LogP contribution < -0.4 is 11.1 Å². The first-order valence-corrected chi connectivity index (χ1v) is 6.26. The maximum Gasteiger partial charge on any atom is 0.227 e. The van der Waals surface area contributed by atoms with Gasteiger partial charge in [-0.15, -0.1) is 0 Å². The van der Waals surface area contributed by atoms with Crippen LogP contribution in [0.25, 0.3) is 0 Å². The lowest BCUT2D eigenvalue weighted by Crippen LogP contribution is -2.51. The molecular weight excluding hydrogens is 228 g/mol. The van der Waals surface area contributed by atoms with Crippen LogP contribution in [-0.2, 0) is 9.59 Å². The molecule has 0 radical (unpaired) electrons. The van der Waals surface area contributed by atoms with Crippen LogP contribution in [0.2, 0.25) is 0 Å². The van der Waals surface area contributed by atoms with Gasteiger partial charge in [-0.05, 0) is 20.8 Å². The van der Waals surface area contributed by atoms with Crippen LogP contribution in [-0.4, -0.2) is 40.1 Å². The van der Waals surface area contributed by atoms with Crippen molar-refractivity contribution in [1.82, 2.24) is 5.32 Å². The van der Waals surface area contributed by atoms with Crippen molar-refractivity contribution in [3.05, 3.63) is 0 Å². The van der Waals surface area contributed by atoms with Crippen LogP contribution in [0, 0.1) is 0 Å². The SMILES string of the molecule is CC(O)C(C)(C)NC(=O)CCSCC(N)=O. The van der Waals surface area contributed by atoms with Gasteiger partial charge in [0.2, 0.25) is 11.8 Å². The number of aliphatic hydroxyl groups is 1. The van der Waals surface area contributed by atoms with E-state index in [0.29, 0.717) is 12.2 Å². The molecule has 0 aliphatic heterocycles. The standard InChI is InChI=1S/C10H20N2O3S/c1-7(13)10(2,3)12-9(15)4-5-16-6-8(11)14/h7,13H,4-6H2,1-3H3,(H2,11,14)(H,12,15). The Morgan fingerprint density at radius 1 is 1.50 bits per heavy atom. The lowest BCUT2D eigenvalue weighted by Gasteiger charge is -2.29. The largest absolute Gasteiger partial charge is 0.391 e. The molecule has 0 fully saturated rings. The summed E-state index contributed by atoms with van der Waals surface area (Å²) >= 11 is 1.33. The van der Waals surface area contributed by atoms with Crippen molar-refractivity contribution in [3.8, 4) is 0 Å². The summed E-state index contributed by atoms with van der Waals surface area (Å²) in [6.45, 7) is 5.14. The second-order valence-electron chi connectivity index (χ2n) is 4.21. The van der Waals surface area contributed by atoms with Gasteiger partial charge in [-0.2, -0.15) is 11.8 Å². The van der Waals surface area contributed by atoms with E-state index in [4.69, 9.17) is 5.73 Å². The summed E-state index contributed by atoms with van der Waals surface area (Å²) in [4.78, 5) is 21.9. The van der Waals surface area contributed by atoms with Crippen LogP contribution in [0.4, 0.5) is 0 Å². The molecule has 0 aromatic carbocycles. The number of hydrogen-bond donors (Lipinski definition) is 3. The van der Waals surface area contributed by atoms with E-state index in [1.807, 2.05) is 0 Å². The zero-order valence-electron chi connectivity index (χ0n) is 9.95. The Bertz CT molecular complexity index is 254. The highest BCUT2D eigenvalue weighted by Gasteiger charge is 2.25. The van der Waals surface area contributed by atoms with E-state index < -0.39 is 11.6 Å². The Labute approximate surface area is 100 Å². The van der Waals surface area contributed by atoms with E-state index in [2.05, 4.69) is 5.32 Å². The van der Waals surface area contributed by atoms with Crippen LogP contribution in [0.5, 0.6) is 0 Å². The highest BCUT2D eigenvalue weighted by Crippen LogP contribution is 2.09. The lowest BCUT2D eigenvalue weighted by molar-refractivity contribution is -0.123. The maximum atomic E-state index is 11.5. The molecule has 0 aromatic rings. The quantitative estimate of drug-likeness (QED) is 0.547. The molecule has 94 valence electrons. The predicted octanol–water partition coefficient (Wildman–Crippen LogP) is -0.129. The van der Waals surface area contributed by atoms with Crippen LogP contribution in [0.3, 0.4) is 0 Å². The van der Waals surface area contributed by atoms with Gasteiger partial charge in [0, 0.05) is 12.2 Å². The van der Waals surface area contributed by atoms with Gasteiger partial charge in [-0.1, -0.05) is 0 Å². The highest BCUT2D eigenvalue weighted by atomic mass is 32.2. The predicted molar refractivity (Wildman–Crippen MR) is 65.0 cm³/mol. The molecule has 5 nitrogen and oxygen atoms in total. The van der Waals surface area contributed by atoms with Gasteiger partial charge in [-0.25, -0.2) is 0 Å². The molecule has 0 spiro atoms. The topological polar surface area (TPSA) is 92.4 Å². The molecule has 6 heteroatoms. The third-order valence-electron chi connectivity index (χ3n) is 2.22. The molecule has 0 saturated heterocycles. The molecule has 0 rings (SSSR count). The van der Waals surface area contributed by atoms with E-state index >= 15 is 0 Å². The van der Waals surface area contributed by atoms with Gasteiger partial charge in [-0.3, -0.25) is 9.59 Å². The molecule has 0 heterocycles. The number of carbonyl (C=O) groups excluding carboxylic acids is 2. The molecule has 2 amide bonds. The van der Waals surface area contributed by atoms with Gasteiger partial charge >= 0.3 is 0 Å². The highest BCUT2D eigenvalue weighted by molar-refractivity contribution is 7.99. The first-order chi connectivity index (χ1) is 7.25. The van der Waals surface area contributed by atoms with E-state index in [1.165, 1.54) is 11.8 Å². The Hall–Kier alpha value is -0.750. The fourth-order valence-corrected chi connectivity index (χ4v) is 1.54. The number of primary amides is 1. The molecule has 0 aliphatic carbocycles. The normalized spacial score (nSPS) is 13.2. The van der Waals surface area contributed by atoms with Crippen LogP contribution in [0.1, 0.15) is 27.2 Å². The maximum absolute atomic E-state index is 11.5. The van der Waals surface area contributed by atoms with Crippen LogP contribution in [0.15, 0.2) is 0 Å². The zero-order chi connectivity index (χ0) is 12.8. The van der Waals surface area contributed by atoms with E-state index in [0.717, 1.165) is 0 Å². The summed E-state index contributed by atoms with van der Waals surface area (Å²) in [7, 11) is 0. The number of amides is 2. The number of carbonyl (C=O) groups is 2. The summed E-state index contributed by atoms with van der Waals surface area (Å²) in [5.41, 5.74) is 4.32. The van der Waals surface area contributed by atoms with E-state index in [9.17, 15) is 14.7 Å². The van der Waals surface area contributed by atoms with Crippen molar-refractivity contribution in [2.45, 2.75) is 38.8 Å². The molecule has 4 N–H and O–H groups in total. The number of hydrogen-bond acceptors (Lipinski definition) is 4. The Morgan fingerprint density at radius 3 is 2.50 bits per heavy atom. The van der Waals surface area contributed by atoms with Crippen molar-refractivity contribution in [1.29, 1.82) is 0 Å². The molecule has 0 aromatic heterocycles. The lowest BCUT2D eigenvalue weighted by atomic mass is 9.99. The number of rotatable bonds is 7. The van der Waals surface area contributed by atoms with E-state index in [1.54, 1.807) is 20.8 Å². The van der Waals surface area contributed by atoms with Gasteiger partial charge in [0.1, 0.15) is 0 Å². The Balaban J connectivity index is 3.79. The minimum Gasteiger partial charge on any atom is -0.391 e. The molecule has 1 atom stereocenters. The number of nitrogens with one attached hydrogen (secondary N) is 1. The molecule has 0 saturated carbocycles. The van der Waals surface area contributed by atoms with Crippen molar-refractivity contribution in [2.75, 3.05) is 11.5 Å². The first-order valence-electron chi connectivity index (χ1n) is 5.11. The van der Waals surface area contributed by atoms with E-state index in [-0.39, 0.29) is 17.6 Å². The third kappa shape index (κ3) is 6.68.